The summed E-state index contributed by atoms with van der Waals surface area (Å²) in [6.07, 6.45) is -4.97. The number of amides is 1. The summed E-state index contributed by atoms with van der Waals surface area (Å²) < 4.78 is 48.1. The molecule has 0 aromatic heterocycles. The average Bonchev–Trinajstić information content (AvgIpc) is 3.13. The summed E-state index contributed by atoms with van der Waals surface area (Å²) in [6.45, 7) is 5.58. The number of halogens is 3. The molecule has 39 heavy (non-hydrogen) atoms. The highest BCUT2D eigenvalue weighted by molar-refractivity contribution is 6.51. The first-order valence-corrected chi connectivity index (χ1v) is 12.0. The normalized spacial score (nSPS) is 17.1. The molecule has 3 aromatic carbocycles. The van der Waals surface area contributed by atoms with Crippen LogP contribution in [0.1, 0.15) is 48.1 Å². The molecule has 0 spiro atoms. The zero-order chi connectivity index (χ0) is 28.6. The van der Waals surface area contributed by atoms with Crippen LogP contribution in [-0.4, -0.2) is 35.4 Å². The molecule has 2 N–H and O–H groups in total. The number of anilines is 1. The maximum atomic E-state index is 13.4. The van der Waals surface area contributed by atoms with Gasteiger partial charge in [0.15, 0.2) is 0 Å². The monoisotopic (exact) mass is 541 g/mol. The Bertz CT molecular complexity index is 1460. The van der Waals surface area contributed by atoms with E-state index < -0.39 is 35.6 Å². The fourth-order valence-corrected chi connectivity index (χ4v) is 4.63. The van der Waals surface area contributed by atoms with Gasteiger partial charge in [-0.3, -0.25) is 14.5 Å². The minimum absolute atomic E-state index is 0.00113. The van der Waals surface area contributed by atoms with Crippen LogP contribution in [0.15, 0.2) is 66.2 Å². The van der Waals surface area contributed by atoms with E-state index in [0.717, 1.165) is 22.6 Å². The van der Waals surface area contributed by atoms with Gasteiger partial charge in [0.05, 0.1) is 18.7 Å². The molecule has 10 heteroatoms. The quantitative estimate of drug-likeness (QED) is 0.214. The smallest absolute Gasteiger partial charge is 0.508 e. The summed E-state index contributed by atoms with van der Waals surface area (Å²) in [6, 6.07) is 12.5. The van der Waals surface area contributed by atoms with E-state index in [1.807, 2.05) is 13.8 Å². The molecule has 1 aliphatic rings. The molecule has 1 unspecified atom stereocenters. The average molecular weight is 542 g/mol. The van der Waals surface area contributed by atoms with Crippen molar-refractivity contribution in [1.82, 2.24) is 0 Å². The summed E-state index contributed by atoms with van der Waals surface area (Å²) in [5.41, 5.74) is 1.67. The number of phenolic OH excluding ortho intramolecular Hbond substituents is 1. The molecule has 0 aliphatic carbocycles. The number of methoxy groups -OCH3 is 1. The van der Waals surface area contributed by atoms with E-state index in [1.165, 1.54) is 43.5 Å². The summed E-state index contributed by atoms with van der Waals surface area (Å²) >= 11 is 0. The van der Waals surface area contributed by atoms with Crippen LogP contribution in [0.5, 0.6) is 17.2 Å². The molecule has 1 atom stereocenters. The molecule has 0 radical (unpaired) electrons. The Hall–Kier alpha value is -4.47. The Labute approximate surface area is 222 Å². The molecule has 0 saturated carbocycles. The van der Waals surface area contributed by atoms with Crippen molar-refractivity contribution in [2.75, 3.05) is 12.0 Å². The molecule has 1 fully saturated rings. The van der Waals surface area contributed by atoms with Crippen LogP contribution in [0, 0.1) is 6.92 Å². The maximum absolute atomic E-state index is 13.4. The predicted molar refractivity (Wildman–Crippen MR) is 138 cm³/mol. The fraction of sp³-hybridized carbons (Fsp3) is 0.241. The van der Waals surface area contributed by atoms with Gasteiger partial charge in [-0.15, -0.1) is 13.2 Å². The van der Waals surface area contributed by atoms with Crippen LogP contribution in [0.4, 0.5) is 18.9 Å². The number of benzene rings is 3. The summed E-state index contributed by atoms with van der Waals surface area (Å²) in [4.78, 5) is 27.8. The highest BCUT2D eigenvalue weighted by Crippen LogP contribution is 2.44. The Morgan fingerprint density at radius 1 is 1.03 bits per heavy atom. The SMILES string of the molecule is COc1cc(C)c(/C(O)=C2\C(=O)C(=O)N(c3cccc(OC(F)(F)F)c3)C2c2ccc(O)cc2)cc1C(C)C. The molecular weight excluding hydrogens is 515 g/mol. The molecule has 1 amide bonds. The second-order valence-corrected chi connectivity index (χ2v) is 9.37. The molecule has 4 rings (SSSR count). The lowest BCUT2D eigenvalue weighted by Gasteiger charge is -2.26. The first kappa shape index (κ1) is 27.6. The lowest BCUT2D eigenvalue weighted by atomic mass is 9.91. The number of Topliss-reactive ketones (excluding diaryl/α,β-unsaturated/α-hetero) is 1. The van der Waals surface area contributed by atoms with E-state index in [9.17, 15) is 33.0 Å². The van der Waals surface area contributed by atoms with Crippen molar-refractivity contribution >= 4 is 23.1 Å². The van der Waals surface area contributed by atoms with Crippen LogP contribution in [0.25, 0.3) is 5.76 Å². The molecule has 0 bridgehead atoms. The van der Waals surface area contributed by atoms with Gasteiger partial charge in [0, 0.05) is 17.3 Å². The summed E-state index contributed by atoms with van der Waals surface area (Å²) in [5.74, 6) is -2.58. The van der Waals surface area contributed by atoms with Crippen molar-refractivity contribution < 1.29 is 42.4 Å². The van der Waals surface area contributed by atoms with Gasteiger partial charge in [0.1, 0.15) is 23.0 Å². The number of aliphatic hydroxyl groups excluding tert-OH is 1. The van der Waals surface area contributed by atoms with Gasteiger partial charge >= 0.3 is 6.36 Å². The van der Waals surface area contributed by atoms with Crippen molar-refractivity contribution in [2.45, 2.75) is 39.1 Å². The third kappa shape index (κ3) is 5.41. The van der Waals surface area contributed by atoms with E-state index in [2.05, 4.69) is 4.74 Å². The van der Waals surface area contributed by atoms with Gasteiger partial charge in [-0.05, 0) is 65.9 Å². The number of aromatic hydroxyl groups is 1. The molecule has 1 aliphatic heterocycles. The van der Waals surface area contributed by atoms with Gasteiger partial charge in [-0.25, -0.2) is 0 Å². The van der Waals surface area contributed by atoms with Crippen molar-refractivity contribution in [3.8, 4) is 17.2 Å². The highest BCUT2D eigenvalue weighted by atomic mass is 19.4. The van der Waals surface area contributed by atoms with Gasteiger partial charge in [0.25, 0.3) is 11.7 Å². The van der Waals surface area contributed by atoms with Gasteiger partial charge in [0.2, 0.25) is 0 Å². The predicted octanol–water partition coefficient (Wildman–Crippen LogP) is 6.36. The Morgan fingerprint density at radius 3 is 2.28 bits per heavy atom. The molecule has 204 valence electrons. The van der Waals surface area contributed by atoms with E-state index in [4.69, 9.17) is 4.74 Å². The fourth-order valence-electron chi connectivity index (χ4n) is 4.63. The number of hydrogen-bond acceptors (Lipinski definition) is 6. The maximum Gasteiger partial charge on any atom is 0.573 e. The van der Waals surface area contributed by atoms with Gasteiger partial charge < -0.3 is 19.7 Å². The standard InChI is InChI=1S/C29H26F3NO6/c1-15(2)21-14-22(16(3)12-23(21)38-4)26(35)24-25(17-8-10-19(34)11-9-17)33(28(37)27(24)36)18-6-5-7-20(13-18)39-29(30,31)32/h5-15,25,34-35H,1-4H3/b26-24+. The minimum Gasteiger partial charge on any atom is -0.508 e. The molecule has 1 heterocycles. The Balaban J connectivity index is 1.95. The van der Waals surface area contributed by atoms with Crippen LogP contribution in [0.3, 0.4) is 0 Å². The number of hydrogen-bond donors (Lipinski definition) is 2. The zero-order valence-electron chi connectivity index (χ0n) is 21.5. The van der Waals surface area contributed by atoms with E-state index in [1.54, 1.807) is 19.1 Å². The number of aliphatic hydroxyl groups is 1. The lowest BCUT2D eigenvalue weighted by molar-refractivity contribution is -0.274. The lowest BCUT2D eigenvalue weighted by Crippen LogP contribution is -2.29. The molecule has 1 saturated heterocycles. The first-order chi connectivity index (χ1) is 18.3. The summed E-state index contributed by atoms with van der Waals surface area (Å²) in [5, 5.41) is 21.3. The van der Waals surface area contributed by atoms with Crippen LogP contribution >= 0.6 is 0 Å². The largest absolute Gasteiger partial charge is 0.573 e. The number of ketones is 1. The van der Waals surface area contributed by atoms with Crippen LogP contribution in [0.2, 0.25) is 0 Å². The van der Waals surface area contributed by atoms with E-state index >= 15 is 0 Å². The van der Waals surface area contributed by atoms with E-state index in [-0.39, 0.29) is 22.9 Å². The Kier molecular flexibility index (Phi) is 7.32. The molecular formula is C29H26F3NO6. The number of ether oxygens (including phenoxy) is 2. The van der Waals surface area contributed by atoms with E-state index in [0.29, 0.717) is 22.4 Å². The van der Waals surface area contributed by atoms with Crippen molar-refractivity contribution in [1.29, 1.82) is 0 Å². The number of nitrogens with zero attached hydrogens (tertiary/aromatic N) is 1. The minimum atomic E-state index is -4.97. The van der Waals surface area contributed by atoms with Crippen LogP contribution < -0.4 is 14.4 Å². The molecule has 7 nitrogen and oxygen atoms in total. The number of rotatable bonds is 6. The zero-order valence-corrected chi connectivity index (χ0v) is 21.5. The van der Waals surface area contributed by atoms with Crippen molar-refractivity contribution in [2.24, 2.45) is 0 Å². The van der Waals surface area contributed by atoms with Gasteiger partial charge in [-0.1, -0.05) is 32.0 Å². The highest BCUT2D eigenvalue weighted by Gasteiger charge is 2.47. The third-order valence-electron chi connectivity index (χ3n) is 6.44. The Morgan fingerprint density at radius 2 is 1.69 bits per heavy atom. The second kappa shape index (κ2) is 10.4. The number of carbonyl (C=O) groups excluding carboxylic acids is 2. The number of alkyl halides is 3. The van der Waals surface area contributed by atoms with Gasteiger partial charge in [-0.2, -0.15) is 0 Å². The molecule has 3 aromatic rings. The summed E-state index contributed by atoms with van der Waals surface area (Å²) in [7, 11) is 1.52. The second-order valence-electron chi connectivity index (χ2n) is 9.37. The van der Waals surface area contributed by atoms with Crippen molar-refractivity contribution in [3.05, 3.63) is 88.5 Å². The number of phenols is 1. The van der Waals surface area contributed by atoms with Crippen molar-refractivity contribution in [3.63, 3.8) is 0 Å². The first-order valence-electron chi connectivity index (χ1n) is 12.0. The van der Waals surface area contributed by atoms with Crippen LogP contribution in [-0.2, 0) is 9.59 Å². The topological polar surface area (TPSA) is 96.3 Å². The third-order valence-corrected chi connectivity index (χ3v) is 6.44. The number of carbonyl (C=O) groups is 2. The number of aryl methyl sites for hydroxylation is 1.